The Balaban J connectivity index is 1.91. The molecule has 2 N–H and O–H groups in total. The van der Waals surface area contributed by atoms with Crippen molar-refractivity contribution in [3.05, 3.63) is 34.9 Å². The van der Waals surface area contributed by atoms with Crippen LogP contribution in [0.15, 0.2) is 18.2 Å². The number of nitrogens with two attached hydrogens (primary N) is 1. The molecule has 1 aliphatic carbocycles. The van der Waals surface area contributed by atoms with Crippen LogP contribution >= 0.6 is 0 Å². The van der Waals surface area contributed by atoms with Gasteiger partial charge in [0.1, 0.15) is 0 Å². The predicted octanol–water partition coefficient (Wildman–Crippen LogP) is 3.26. The molecule has 0 heterocycles. The molecule has 0 radical (unpaired) electrons. The van der Waals surface area contributed by atoms with Crippen molar-refractivity contribution in [3.63, 3.8) is 0 Å². The van der Waals surface area contributed by atoms with Crippen LogP contribution in [-0.2, 0) is 4.74 Å². The van der Waals surface area contributed by atoms with E-state index in [2.05, 4.69) is 32.0 Å². The predicted molar refractivity (Wildman–Crippen MR) is 71.1 cm³/mol. The Morgan fingerprint density at radius 1 is 1.29 bits per heavy atom. The van der Waals surface area contributed by atoms with Crippen molar-refractivity contribution in [2.24, 2.45) is 5.73 Å². The third-order valence-electron chi connectivity index (χ3n) is 3.64. The van der Waals surface area contributed by atoms with Crippen LogP contribution in [0.2, 0.25) is 0 Å². The molecule has 1 aromatic carbocycles. The summed E-state index contributed by atoms with van der Waals surface area (Å²) in [5, 5.41) is 0. The monoisotopic (exact) mass is 233 g/mol. The third-order valence-corrected chi connectivity index (χ3v) is 3.64. The SMILES string of the molecule is Cc1ccc(C(N)COC2CCCC2)c(C)c1. The first kappa shape index (κ1) is 12.6. The fourth-order valence-corrected chi connectivity index (χ4v) is 2.63. The van der Waals surface area contributed by atoms with Gasteiger partial charge in [-0.15, -0.1) is 0 Å². The van der Waals surface area contributed by atoms with Gasteiger partial charge in [-0.05, 0) is 37.8 Å². The zero-order chi connectivity index (χ0) is 12.3. The van der Waals surface area contributed by atoms with Crippen molar-refractivity contribution in [1.82, 2.24) is 0 Å². The van der Waals surface area contributed by atoms with Crippen LogP contribution in [-0.4, -0.2) is 12.7 Å². The van der Waals surface area contributed by atoms with E-state index in [4.69, 9.17) is 10.5 Å². The summed E-state index contributed by atoms with van der Waals surface area (Å²) in [6, 6.07) is 6.45. The van der Waals surface area contributed by atoms with Crippen LogP contribution in [0.4, 0.5) is 0 Å². The molecular formula is C15H23NO. The summed E-state index contributed by atoms with van der Waals surface area (Å²) in [6.07, 6.45) is 5.48. The highest BCUT2D eigenvalue weighted by Crippen LogP contribution is 2.23. The number of hydrogen-bond donors (Lipinski definition) is 1. The Bertz CT molecular complexity index is 369. The molecular weight excluding hydrogens is 210 g/mol. The fraction of sp³-hybridized carbons (Fsp3) is 0.600. The van der Waals surface area contributed by atoms with Crippen molar-refractivity contribution in [2.45, 2.75) is 51.7 Å². The van der Waals surface area contributed by atoms with E-state index in [9.17, 15) is 0 Å². The topological polar surface area (TPSA) is 35.2 Å². The molecule has 94 valence electrons. The first-order chi connectivity index (χ1) is 8.16. The molecule has 2 heteroatoms. The maximum absolute atomic E-state index is 6.20. The van der Waals surface area contributed by atoms with Crippen LogP contribution in [0, 0.1) is 13.8 Å². The number of ether oxygens (including phenoxy) is 1. The van der Waals surface area contributed by atoms with Gasteiger partial charge in [-0.2, -0.15) is 0 Å². The van der Waals surface area contributed by atoms with Crippen LogP contribution in [0.3, 0.4) is 0 Å². The Hall–Kier alpha value is -0.860. The lowest BCUT2D eigenvalue weighted by atomic mass is 10.0. The highest BCUT2D eigenvalue weighted by Gasteiger charge is 2.17. The number of aryl methyl sites for hydroxylation is 2. The molecule has 0 aromatic heterocycles. The highest BCUT2D eigenvalue weighted by molar-refractivity contribution is 5.32. The van der Waals surface area contributed by atoms with E-state index in [1.165, 1.54) is 42.4 Å². The van der Waals surface area contributed by atoms with Crippen LogP contribution in [0.25, 0.3) is 0 Å². The number of rotatable bonds is 4. The van der Waals surface area contributed by atoms with Gasteiger partial charge < -0.3 is 10.5 Å². The summed E-state index contributed by atoms with van der Waals surface area (Å²) in [5.74, 6) is 0. The average molecular weight is 233 g/mol. The van der Waals surface area contributed by atoms with Crippen LogP contribution in [0.1, 0.15) is 48.4 Å². The van der Waals surface area contributed by atoms with Crippen molar-refractivity contribution in [1.29, 1.82) is 0 Å². The van der Waals surface area contributed by atoms with Gasteiger partial charge in [-0.1, -0.05) is 36.6 Å². The summed E-state index contributed by atoms with van der Waals surface area (Å²) < 4.78 is 5.88. The fourth-order valence-electron chi connectivity index (χ4n) is 2.63. The van der Waals surface area contributed by atoms with Crippen molar-refractivity contribution >= 4 is 0 Å². The first-order valence-electron chi connectivity index (χ1n) is 6.61. The van der Waals surface area contributed by atoms with E-state index in [-0.39, 0.29) is 6.04 Å². The molecule has 0 saturated heterocycles. The molecule has 0 aliphatic heterocycles. The second kappa shape index (κ2) is 5.65. The summed E-state index contributed by atoms with van der Waals surface area (Å²) in [4.78, 5) is 0. The lowest BCUT2D eigenvalue weighted by Crippen LogP contribution is -2.21. The molecule has 1 fully saturated rings. The highest BCUT2D eigenvalue weighted by atomic mass is 16.5. The minimum atomic E-state index is 0.0104. The van der Waals surface area contributed by atoms with Gasteiger partial charge in [0.15, 0.2) is 0 Å². The van der Waals surface area contributed by atoms with Gasteiger partial charge in [-0.25, -0.2) is 0 Å². The summed E-state index contributed by atoms with van der Waals surface area (Å²) in [7, 11) is 0. The Labute approximate surface area is 104 Å². The molecule has 1 atom stereocenters. The van der Waals surface area contributed by atoms with Gasteiger partial charge in [0.05, 0.1) is 18.8 Å². The smallest absolute Gasteiger partial charge is 0.0663 e. The van der Waals surface area contributed by atoms with Crippen molar-refractivity contribution in [2.75, 3.05) is 6.61 Å². The maximum atomic E-state index is 6.20. The van der Waals surface area contributed by atoms with E-state index in [1.54, 1.807) is 0 Å². The molecule has 0 spiro atoms. The van der Waals surface area contributed by atoms with E-state index < -0.39 is 0 Å². The zero-order valence-corrected chi connectivity index (χ0v) is 10.9. The maximum Gasteiger partial charge on any atom is 0.0663 e. The van der Waals surface area contributed by atoms with E-state index in [0.717, 1.165) is 0 Å². The summed E-state index contributed by atoms with van der Waals surface area (Å²) in [6.45, 7) is 4.88. The normalized spacial score (nSPS) is 18.5. The standard InChI is InChI=1S/C15H23NO/c1-11-7-8-14(12(2)9-11)15(16)10-17-13-5-3-4-6-13/h7-9,13,15H,3-6,10,16H2,1-2H3. The van der Waals surface area contributed by atoms with Gasteiger partial charge >= 0.3 is 0 Å². The minimum Gasteiger partial charge on any atom is -0.376 e. The van der Waals surface area contributed by atoms with Gasteiger partial charge in [0.25, 0.3) is 0 Å². The Morgan fingerprint density at radius 2 is 2.00 bits per heavy atom. The second-order valence-corrected chi connectivity index (χ2v) is 5.21. The molecule has 0 bridgehead atoms. The quantitative estimate of drug-likeness (QED) is 0.866. The molecule has 1 saturated carbocycles. The molecule has 0 amide bonds. The third kappa shape index (κ3) is 3.30. The van der Waals surface area contributed by atoms with Gasteiger partial charge in [-0.3, -0.25) is 0 Å². The summed E-state index contributed by atoms with van der Waals surface area (Å²) in [5.41, 5.74) is 9.97. The molecule has 2 rings (SSSR count). The van der Waals surface area contributed by atoms with Crippen LogP contribution < -0.4 is 5.73 Å². The lowest BCUT2D eigenvalue weighted by molar-refractivity contribution is 0.0488. The Kier molecular flexibility index (Phi) is 4.19. The number of hydrogen-bond acceptors (Lipinski definition) is 2. The van der Waals surface area contributed by atoms with Gasteiger partial charge in [0.2, 0.25) is 0 Å². The van der Waals surface area contributed by atoms with E-state index >= 15 is 0 Å². The largest absolute Gasteiger partial charge is 0.376 e. The van der Waals surface area contributed by atoms with E-state index in [0.29, 0.717) is 12.7 Å². The molecule has 2 nitrogen and oxygen atoms in total. The zero-order valence-electron chi connectivity index (χ0n) is 10.9. The average Bonchev–Trinajstić information content (AvgIpc) is 2.78. The van der Waals surface area contributed by atoms with Crippen LogP contribution in [0.5, 0.6) is 0 Å². The van der Waals surface area contributed by atoms with Crippen molar-refractivity contribution in [3.8, 4) is 0 Å². The minimum absolute atomic E-state index is 0.0104. The van der Waals surface area contributed by atoms with E-state index in [1.807, 2.05) is 0 Å². The van der Waals surface area contributed by atoms with Crippen molar-refractivity contribution < 1.29 is 4.74 Å². The summed E-state index contributed by atoms with van der Waals surface area (Å²) >= 11 is 0. The number of benzene rings is 1. The first-order valence-corrected chi connectivity index (χ1v) is 6.61. The molecule has 1 aliphatic rings. The molecule has 1 unspecified atom stereocenters. The van der Waals surface area contributed by atoms with Gasteiger partial charge in [0, 0.05) is 0 Å². The second-order valence-electron chi connectivity index (χ2n) is 5.21. The molecule has 17 heavy (non-hydrogen) atoms. The Morgan fingerprint density at radius 3 is 2.65 bits per heavy atom. The lowest BCUT2D eigenvalue weighted by Gasteiger charge is -2.18. The molecule has 1 aromatic rings.